The lowest BCUT2D eigenvalue weighted by atomic mass is 10.2. The maximum atomic E-state index is 5.57. The summed E-state index contributed by atoms with van der Waals surface area (Å²) >= 11 is 1.85. The molecule has 0 saturated heterocycles. The zero-order valence-corrected chi connectivity index (χ0v) is 10.4. The Hall–Kier alpha value is -0.540. The van der Waals surface area contributed by atoms with E-state index in [1.807, 2.05) is 24.0 Å². The standard InChI is InChI=1S/C12H20N2S/c1-10(2)6-9-15-12-11(5-7-13)4-3-8-14-12/h3-4,8,10H,5-7,9,13H2,1-2H3. The summed E-state index contributed by atoms with van der Waals surface area (Å²) in [7, 11) is 0. The van der Waals surface area contributed by atoms with Crippen molar-refractivity contribution < 1.29 is 0 Å². The Morgan fingerprint density at radius 1 is 1.47 bits per heavy atom. The first-order valence-corrected chi connectivity index (χ1v) is 6.49. The van der Waals surface area contributed by atoms with Gasteiger partial charge in [0, 0.05) is 6.20 Å². The third-order valence-electron chi connectivity index (χ3n) is 2.20. The van der Waals surface area contributed by atoms with E-state index in [1.165, 1.54) is 12.0 Å². The van der Waals surface area contributed by atoms with Crippen molar-refractivity contribution in [1.82, 2.24) is 4.98 Å². The largest absolute Gasteiger partial charge is 0.330 e. The van der Waals surface area contributed by atoms with Gasteiger partial charge in [-0.25, -0.2) is 4.98 Å². The van der Waals surface area contributed by atoms with Gasteiger partial charge in [-0.3, -0.25) is 0 Å². The van der Waals surface area contributed by atoms with Crippen molar-refractivity contribution in [3.05, 3.63) is 23.9 Å². The number of aromatic nitrogens is 1. The molecule has 2 nitrogen and oxygen atoms in total. The lowest BCUT2D eigenvalue weighted by Gasteiger charge is -2.07. The molecule has 1 heterocycles. The minimum absolute atomic E-state index is 0.698. The quantitative estimate of drug-likeness (QED) is 0.755. The van der Waals surface area contributed by atoms with Crippen LogP contribution in [0.15, 0.2) is 23.4 Å². The van der Waals surface area contributed by atoms with E-state index >= 15 is 0 Å². The first kappa shape index (κ1) is 12.5. The molecule has 0 fully saturated rings. The van der Waals surface area contributed by atoms with Gasteiger partial charge in [0.1, 0.15) is 0 Å². The van der Waals surface area contributed by atoms with Crippen LogP contribution >= 0.6 is 11.8 Å². The Morgan fingerprint density at radius 2 is 2.27 bits per heavy atom. The summed E-state index contributed by atoms with van der Waals surface area (Å²) in [6.07, 6.45) is 4.03. The van der Waals surface area contributed by atoms with Gasteiger partial charge in [-0.1, -0.05) is 19.9 Å². The first-order valence-electron chi connectivity index (χ1n) is 5.50. The predicted octanol–water partition coefficient (Wildman–Crippen LogP) is 2.72. The van der Waals surface area contributed by atoms with Crippen LogP contribution in [0.3, 0.4) is 0 Å². The second-order valence-electron chi connectivity index (χ2n) is 4.04. The number of nitrogens with two attached hydrogens (primary N) is 1. The summed E-state index contributed by atoms with van der Waals surface area (Å²) in [5.74, 6) is 1.91. The van der Waals surface area contributed by atoms with Crippen molar-refractivity contribution in [3.63, 3.8) is 0 Å². The molecule has 0 saturated carbocycles. The molecule has 0 bridgehead atoms. The average molecular weight is 224 g/mol. The van der Waals surface area contributed by atoms with Gasteiger partial charge in [-0.2, -0.15) is 0 Å². The molecule has 0 unspecified atom stereocenters. The number of pyridine rings is 1. The molecule has 1 aromatic rings. The van der Waals surface area contributed by atoms with E-state index in [4.69, 9.17) is 5.73 Å². The lowest BCUT2D eigenvalue weighted by Crippen LogP contribution is -2.04. The molecular formula is C12H20N2S. The van der Waals surface area contributed by atoms with Crippen LogP contribution in [0.25, 0.3) is 0 Å². The van der Waals surface area contributed by atoms with Crippen LogP contribution in [0.5, 0.6) is 0 Å². The maximum absolute atomic E-state index is 5.57. The Kier molecular flexibility index (Phi) is 5.73. The van der Waals surface area contributed by atoms with Gasteiger partial charge in [0.15, 0.2) is 0 Å². The fraction of sp³-hybridized carbons (Fsp3) is 0.583. The molecule has 15 heavy (non-hydrogen) atoms. The highest BCUT2D eigenvalue weighted by Crippen LogP contribution is 2.22. The van der Waals surface area contributed by atoms with Crippen LogP contribution < -0.4 is 5.73 Å². The minimum atomic E-state index is 0.698. The monoisotopic (exact) mass is 224 g/mol. The van der Waals surface area contributed by atoms with Crippen LogP contribution in [0.1, 0.15) is 25.8 Å². The SMILES string of the molecule is CC(C)CCSc1ncccc1CCN. The Labute approximate surface area is 96.7 Å². The van der Waals surface area contributed by atoms with Gasteiger partial charge in [0.05, 0.1) is 5.03 Å². The second-order valence-corrected chi connectivity index (χ2v) is 5.12. The zero-order valence-electron chi connectivity index (χ0n) is 9.57. The van der Waals surface area contributed by atoms with Crippen molar-refractivity contribution in [3.8, 4) is 0 Å². The molecule has 84 valence electrons. The maximum Gasteiger partial charge on any atom is 0.0992 e. The van der Waals surface area contributed by atoms with Gasteiger partial charge >= 0.3 is 0 Å². The Morgan fingerprint density at radius 3 is 2.93 bits per heavy atom. The topological polar surface area (TPSA) is 38.9 Å². The average Bonchev–Trinajstić information content (AvgIpc) is 2.20. The van der Waals surface area contributed by atoms with Crippen LogP contribution in [0.4, 0.5) is 0 Å². The highest BCUT2D eigenvalue weighted by atomic mass is 32.2. The molecule has 0 aliphatic rings. The fourth-order valence-corrected chi connectivity index (χ4v) is 2.56. The second kappa shape index (κ2) is 6.85. The summed E-state index contributed by atoms with van der Waals surface area (Å²) in [6, 6.07) is 4.11. The van der Waals surface area contributed by atoms with Crippen molar-refractivity contribution in [1.29, 1.82) is 0 Å². The van der Waals surface area contributed by atoms with Crippen molar-refractivity contribution in [2.24, 2.45) is 11.7 Å². The van der Waals surface area contributed by atoms with Gasteiger partial charge in [0.25, 0.3) is 0 Å². The summed E-state index contributed by atoms with van der Waals surface area (Å²) in [5.41, 5.74) is 6.86. The molecular weight excluding hydrogens is 204 g/mol. The highest BCUT2D eigenvalue weighted by molar-refractivity contribution is 7.99. The van der Waals surface area contributed by atoms with Crippen molar-refractivity contribution in [2.45, 2.75) is 31.7 Å². The molecule has 2 N–H and O–H groups in total. The van der Waals surface area contributed by atoms with E-state index < -0.39 is 0 Å². The molecule has 1 rings (SSSR count). The molecule has 1 aromatic heterocycles. The normalized spacial score (nSPS) is 10.9. The Balaban J connectivity index is 2.51. The summed E-state index contributed by atoms with van der Waals surface area (Å²) in [5, 5.41) is 1.16. The van der Waals surface area contributed by atoms with Crippen molar-refractivity contribution in [2.75, 3.05) is 12.3 Å². The van der Waals surface area contributed by atoms with Crippen LogP contribution in [0, 0.1) is 5.92 Å². The van der Waals surface area contributed by atoms with Gasteiger partial charge in [-0.05, 0) is 42.7 Å². The number of thioether (sulfide) groups is 1. The molecule has 0 amide bonds. The van der Waals surface area contributed by atoms with Crippen LogP contribution in [-0.4, -0.2) is 17.3 Å². The smallest absolute Gasteiger partial charge is 0.0992 e. The third-order valence-corrected chi connectivity index (χ3v) is 3.28. The highest BCUT2D eigenvalue weighted by Gasteiger charge is 2.03. The van der Waals surface area contributed by atoms with Gasteiger partial charge in [-0.15, -0.1) is 11.8 Å². The fourth-order valence-electron chi connectivity index (χ4n) is 1.29. The number of nitrogens with zero attached hydrogens (tertiary/aromatic N) is 1. The summed E-state index contributed by atoms with van der Waals surface area (Å²) in [6.45, 7) is 5.20. The predicted molar refractivity (Wildman–Crippen MR) is 67.2 cm³/mol. The summed E-state index contributed by atoms with van der Waals surface area (Å²) < 4.78 is 0. The molecule has 0 atom stereocenters. The van der Waals surface area contributed by atoms with E-state index in [0.29, 0.717) is 6.54 Å². The summed E-state index contributed by atoms with van der Waals surface area (Å²) in [4.78, 5) is 4.40. The van der Waals surface area contributed by atoms with Crippen LogP contribution in [0.2, 0.25) is 0 Å². The third kappa shape index (κ3) is 4.67. The molecule has 0 aliphatic carbocycles. The number of rotatable bonds is 6. The molecule has 3 heteroatoms. The van der Waals surface area contributed by atoms with Crippen molar-refractivity contribution >= 4 is 11.8 Å². The first-order chi connectivity index (χ1) is 7.24. The van der Waals surface area contributed by atoms with E-state index in [9.17, 15) is 0 Å². The van der Waals surface area contributed by atoms with E-state index in [-0.39, 0.29) is 0 Å². The molecule has 0 radical (unpaired) electrons. The number of hydrogen-bond donors (Lipinski definition) is 1. The van der Waals surface area contributed by atoms with E-state index in [0.717, 1.165) is 23.1 Å². The minimum Gasteiger partial charge on any atom is -0.330 e. The molecule has 0 aromatic carbocycles. The molecule has 0 spiro atoms. The lowest BCUT2D eigenvalue weighted by molar-refractivity contribution is 0.631. The van der Waals surface area contributed by atoms with Gasteiger partial charge < -0.3 is 5.73 Å². The van der Waals surface area contributed by atoms with Gasteiger partial charge in [0.2, 0.25) is 0 Å². The van der Waals surface area contributed by atoms with Crippen LogP contribution in [-0.2, 0) is 6.42 Å². The Bertz CT molecular complexity index is 287. The van der Waals surface area contributed by atoms with E-state index in [2.05, 4.69) is 24.9 Å². The number of hydrogen-bond acceptors (Lipinski definition) is 3. The zero-order chi connectivity index (χ0) is 11.1. The van der Waals surface area contributed by atoms with E-state index in [1.54, 1.807) is 0 Å². The molecule has 0 aliphatic heterocycles.